The van der Waals surface area contributed by atoms with Gasteiger partial charge in [0.25, 0.3) is 21.6 Å². The minimum atomic E-state index is -3.84. The van der Waals surface area contributed by atoms with Crippen molar-refractivity contribution in [3.63, 3.8) is 0 Å². The van der Waals surface area contributed by atoms with Crippen LogP contribution < -0.4 is 14.4 Å². The van der Waals surface area contributed by atoms with Gasteiger partial charge in [-0.1, -0.05) is 35.9 Å². The van der Waals surface area contributed by atoms with E-state index in [2.05, 4.69) is 5.32 Å². The first-order chi connectivity index (χ1) is 16.3. The number of hydrogen-bond acceptors (Lipinski definition) is 6. The first-order valence-corrected chi connectivity index (χ1v) is 12.1. The molecule has 0 radical (unpaired) electrons. The lowest BCUT2D eigenvalue weighted by Crippen LogP contribution is -2.35. The number of anilines is 2. The summed E-state index contributed by atoms with van der Waals surface area (Å²) in [5.74, 6) is -0.424. The summed E-state index contributed by atoms with van der Waals surface area (Å²) in [6.45, 7) is -0.0545. The van der Waals surface area contributed by atoms with Gasteiger partial charge in [0, 0.05) is 24.4 Å². The molecule has 3 aromatic rings. The van der Waals surface area contributed by atoms with Crippen molar-refractivity contribution in [1.29, 1.82) is 0 Å². The van der Waals surface area contributed by atoms with Crippen LogP contribution in [0.5, 0.6) is 5.75 Å². The SMILES string of the molecule is O=C(COc1ccc(S(=O)(=O)N2CCCc3ccccc32)cc1Cl)Nc1cccc([N+](=O)[O-])c1. The van der Waals surface area contributed by atoms with Gasteiger partial charge in [0.15, 0.2) is 6.61 Å². The van der Waals surface area contributed by atoms with Crippen molar-refractivity contribution < 1.29 is 22.9 Å². The van der Waals surface area contributed by atoms with Crippen LogP contribution in [-0.4, -0.2) is 32.4 Å². The predicted octanol–water partition coefficient (Wildman–Crippen LogP) is 4.41. The van der Waals surface area contributed by atoms with Gasteiger partial charge < -0.3 is 10.1 Å². The Kier molecular flexibility index (Phi) is 6.71. The molecule has 1 heterocycles. The summed E-state index contributed by atoms with van der Waals surface area (Å²) in [5.41, 5.74) is 1.72. The maximum Gasteiger partial charge on any atom is 0.271 e. The number of carbonyl (C=O) groups excluding carboxylic acids is 1. The number of sulfonamides is 1. The van der Waals surface area contributed by atoms with E-state index in [1.807, 2.05) is 12.1 Å². The van der Waals surface area contributed by atoms with Crippen LogP contribution in [0.3, 0.4) is 0 Å². The Hall–Kier alpha value is -3.63. The lowest BCUT2D eigenvalue weighted by atomic mass is 10.0. The number of rotatable bonds is 7. The number of fused-ring (bicyclic) bond motifs is 1. The maximum atomic E-state index is 13.3. The number of ether oxygens (including phenoxy) is 1. The van der Waals surface area contributed by atoms with Crippen molar-refractivity contribution in [2.24, 2.45) is 0 Å². The van der Waals surface area contributed by atoms with Crippen LogP contribution in [0, 0.1) is 10.1 Å². The van der Waals surface area contributed by atoms with Crippen LogP contribution in [0.4, 0.5) is 17.1 Å². The molecule has 0 aromatic heterocycles. The van der Waals surface area contributed by atoms with Gasteiger partial charge in [-0.3, -0.25) is 19.2 Å². The highest BCUT2D eigenvalue weighted by Gasteiger charge is 2.29. The highest BCUT2D eigenvalue weighted by Crippen LogP contribution is 2.34. The van der Waals surface area contributed by atoms with E-state index in [9.17, 15) is 23.3 Å². The van der Waals surface area contributed by atoms with E-state index in [4.69, 9.17) is 16.3 Å². The minimum absolute atomic E-state index is 0.0163. The number of amides is 1. The van der Waals surface area contributed by atoms with Crippen LogP contribution in [0.1, 0.15) is 12.0 Å². The molecular formula is C23H20ClN3O6S. The van der Waals surface area contributed by atoms with Crippen molar-refractivity contribution in [2.45, 2.75) is 17.7 Å². The average molecular weight is 502 g/mol. The standard InChI is InChI=1S/C23H20ClN3O6S/c24-20-14-19(34(31,32)26-12-4-6-16-5-1-2-9-21(16)26)10-11-22(20)33-15-23(28)25-17-7-3-8-18(13-17)27(29)30/h1-3,5,7-11,13-14H,4,6,12,15H2,(H,25,28). The molecule has 0 atom stereocenters. The Morgan fingerprint density at radius 3 is 2.68 bits per heavy atom. The van der Waals surface area contributed by atoms with Crippen molar-refractivity contribution in [2.75, 3.05) is 22.8 Å². The molecule has 34 heavy (non-hydrogen) atoms. The lowest BCUT2D eigenvalue weighted by molar-refractivity contribution is -0.384. The summed E-state index contributed by atoms with van der Waals surface area (Å²) < 4.78 is 33.4. The summed E-state index contributed by atoms with van der Waals surface area (Å²) in [6, 6.07) is 16.9. The molecule has 9 nitrogen and oxygen atoms in total. The number of halogens is 1. The van der Waals surface area contributed by atoms with Crippen molar-refractivity contribution in [1.82, 2.24) is 0 Å². The number of aryl methyl sites for hydroxylation is 1. The van der Waals surface area contributed by atoms with Crippen molar-refractivity contribution in [3.05, 3.63) is 87.4 Å². The van der Waals surface area contributed by atoms with Crippen LogP contribution in [0.2, 0.25) is 5.02 Å². The van der Waals surface area contributed by atoms with Gasteiger partial charge in [0.1, 0.15) is 5.75 Å². The van der Waals surface area contributed by atoms with E-state index in [-0.39, 0.29) is 27.0 Å². The molecule has 0 fully saturated rings. The molecule has 0 aliphatic carbocycles. The number of para-hydroxylation sites is 1. The molecule has 1 aliphatic heterocycles. The Bertz CT molecular complexity index is 1360. The minimum Gasteiger partial charge on any atom is -0.482 e. The Morgan fingerprint density at radius 1 is 1.12 bits per heavy atom. The largest absolute Gasteiger partial charge is 0.482 e. The second-order valence-electron chi connectivity index (χ2n) is 7.55. The number of non-ortho nitro benzene ring substituents is 1. The zero-order chi connectivity index (χ0) is 24.3. The van der Waals surface area contributed by atoms with Gasteiger partial charge in [-0.2, -0.15) is 0 Å². The Labute approximate surface area is 201 Å². The number of benzene rings is 3. The highest BCUT2D eigenvalue weighted by atomic mass is 35.5. The summed E-state index contributed by atoms with van der Waals surface area (Å²) in [4.78, 5) is 22.5. The van der Waals surface area contributed by atoms with E-state index in [0.717, 1.165) is 12.0 Å². The smallest absolute Gasteiger partial charge is 0.271 e. The molecule has 1 amide bonds. The number of nitro benzene ring substituents is 1. The third-order valence-electron chi connectivity index (χ3n) is 5.26. The third kappa shape index (κ3) is 4.97. The molecule has 3 aromatic carbocycles. The maximum absolute atomic E-state index is 13.3. The number of hydrogen-bond donors (Lipinski definition) is 1. The zero-order valence-corrected chi connectivity index (χ0v) is 19.4. The fourth-order valence-corrected chi connectivity index (χ4v) is 5.54. The van der Waals surface area contributed by atoms with E-state index in [0.29, 0.717) is 18.7 Å². The third-order valence-corrected chi connectivity index (χ3v) is 7.36. The molecule has 0 saturated heterocycles. The summed E-state index contributed by atoms with van der Waals surface area (Å²) in [5, 5.41) is 13.4. The second-order valence-corrected chi connectivity index (χ2v) is 9.82. The molecule has 0 saturated carbocycles. The Morgan fingerprint density at radius 2 is 1.91 bits per heavy atom. The van der Waals surface area contributed by atoms with Crippen LogP contribution in [-0.2, 0) is 21.2 Å². The summed E-state index contributed by atoms with van der Waals surface area (Å²) in [6.07, 6.45) is 1.53. The first kappa shape index (κ1) is 23.5. The van der Waals surface area contributed by atoms with Gasteiger partial charge in [-0.15, -0.1) is 0 Å². The molecule has 1 N–H and O–H groups in total. The fraction of sp³-hybridized carbons (Fsp3) is 0.174. The normalized spacial score (nSPS) is 13.1. The Balaban J connectivity index is 1.45. The van der Waals surface area contributed by atoms with E-state index < -0.39 is 27.5 Å². The predicted molar refractivity (Wildman–Crippen MR) is 128 cm³/mol. The molecule has 4 rings (SSSR count). The lowest BCUT2D eigenvalue weighted by Gasteiger charge is -2.30. The molecule has 0 bridgehead atoms. The zero-order valence-electron chi connectivity index (χ0n) is 17.8. The molecule has 11 heteroatoms. The van der Waals surface area contributed by atoms with Crippen LogP contribution >= 0.6 is 11.6 Å². The highest BCUT2D eigenvalue weighted by molar-refractivity contribution is 7.92. The van der Waals surface area contributed by atoms with Gasteiger partial charge in [-0.25, -0.2) is 8.42 Å². The number of nitrogens with zero attached hydrogens (tertiary/aromatic N) is 2. The average Bonchev–Trinajstić information content (AvgIpc) is 2.83. The topological polar surface area (TPSA) is 119 Å². The van der Waals surface area contributed by atoms with Gasteiger partial charge in [-0.05, 0) is 48.7 Å². The molecular weight excluding hydrogens is 482 g/mol. The number of carbonyl (C=O) groups is 1. The second kappa shape index (κ2) is 9.70. The molecule has 1 aliphatic rings. The van der Waals surface area contributed by atoms with Gasteiger partial charge in [0.05, 0.1) is 20.5 Å². The van der Waals surface area contributed by atoms with Gasteiger partial charge >= 0.3 is 0 Å². The van der Waals surface area contributed by atoms with E-state index in [1.165, 1.54) is 46.8 Å². The molecule has 0 spiro atoms. The van der Waals surface area contributed by atoms with Crippen LogP contribution in [0.15, 0.2) is 71.6 Å². The molecule has 176 valence electrons. The van der Waals surface area contributed by atoms with Crippen molar-refractivity contribution in [3.8, 4) is 5.75 Å². The summed E-state index contributed by atoms with van der Waals surface area (Å²) in [7, 11) is -3.84. The fourth-order valence-electron chi connectivity index (χ4n) is 3.67. The van der Waals surface area contributed by atoms with E-state index in [1.54, 1.807) is 12.1 Å². The number of nitrogens with one attached hydrogen (secondary N) is 1. The monoisotopic (exact) mass is 501 g/mol. The molecule has 0 unspecified atom stereocenters. The summed E-state index contributed by atoms with van der Waals surface area (Å²) >= 11 is 6.26. The van der Waals surface area contributed by atoms with Gasteiger partial charge in [0.2, 0.25) is 0 Å². The number of nitro groups is 1. The quantitative estimate of drug-likeness (QED) is 0.378. The first-order valence-electron chi connectivity index (χ1n) is 10.3. The van der Waals surface area contributed by atoms with E-state index >= 15 is 0 Å². The van der Waals surface area contributed by atoms with Crippen molar-refractivity contribution >= 4 is 44.6 Å². The van der Waals surface area contributed by atoms with Crippen LogP contribution in [0.25, 0.3) is 0 Å².